The number of amides is 1. The van der Waals surface area contributed by atoms with Crippen molar-refractivity contribution in [3.8, 4) is 0 Å². The minimum absolute atomic E-state index is 0.0813. The van der Waals surface area contributed by atoms with Crippen molar-refractivity contribution in [1.82, 2.24) is 5.32 Å². The maximum absolute atomic E-state index is 12.0. The maximum atomic E-state index is 12.0. The molecule has 0 fully saturated rings. The van der Waals surface area contributed by atoms with Crippen molar-refractivity contribution in [3.05, 3.63) is 36.5 Å². The molecule has 0 radical (unpaired) electrons. The summed E-state index contributed by atoms with van der Waals surface area (Å²) in [5.41, 5.74) is 0. The Kier molecular flexibility index (Phi) is 35.7. The Bertz CT molecular complexity index is 923. The van der Waals surface area contributed by atoms with Crippen molar-refractivity contribution < 1.29 is 37.9 Å². The first-order chi connectivity index (χ1) is 24.3. The second kappa shape index (κ2) is 37.0. The second-order valence-electron chi connectivity index (χ2n) is 13.3. The summed E-state index contributed by atoms with van der Waals surface area (Å²) in [4.78, 5) is 33.7. The lowest BCUT2D eigenvalue weighted by molar-refractivity contribution is -0.147. The molecule has 0 aromatic heterocycles. The average Bonchev–Trinajstić information content (AvgIpc) is 3.10. The number of carbonyl (C=O) groups is 2. The van der Waals surface area contributed by atoms with Gasteiger partial charge in [-0.2, -0.15) is 0 Å². The van der Waals surface area contributed by atoms with Crippen LogP contribution in [-0.2, 0) is 27.9 Å². The molecule has 0 aromatic carbocycles. The van der Waals surface area contributed by atoms with E-state index >= 15 is 0 Å². The monoisotopic (exact) mass is 728 g/mol. The number of phosphoric ester groups is 1. The van der Waals surface area contributed by atoms with E-state index in [0.29, 0.717) is 6.42 Å². The summed E-state index contributed by atoms with van der Waals surface area (Å²) in [6.07, 6.45) is 39.3. The Morgan fingerprint density at radius 1 is 0.620 bits per heavy atom. The summed E-state index contributed by atoms with van der Waals surface area (Å²) in [6, 6.07) is 0. The molecule has 3 N–H and O–H groups in total. The normalized spacial score (nSPS) is 13.8. The molecule has 0 aliphatic rings. The van der Waals surface area contributed by atoms with Gasteiger partial charge in [-0.15, -0.1) is 0 Å². The van der Waals surface area contributed by atoms with E-state index in [1.807, 2.05) is 0 Å². The summed E-state index contributed by atoms with van der Waals surface area (Å²) >= 11 is 0. The van der Waals surface area contributed by atoms with Crippen LogP contribution in [0, 0.1) is 0 Å². The molecule has 292 valence electrons. The van der Waals surface area contributed by atoms with Crippen molar-refractivity contribution in [3.63, 3.8) is 0 Å². The van der Waals surface area contributed by atoms with Crippen LogP contribution in [0.5, 0.6) is 0 Å². The van der Waals surface area contributed by atoms with Crippen LogP contribution in [0.1, 0.15) is 174 Å². The lowest BCUT2D eigenvalue weighted by Gasteiger charge is -2.15. The molecule has 9 nitrogen and oxygen atoms in total. The van der Waals surface area contributed by atoms with Crippen molar-refractivity contribution in [2.45, 2.75) is 180 Å². The van der Waals surface area contributed by atoms with Crippen LogP contribution >= 0.6 is 7.82 Å². The third kappa shape index (κ3) is 37.5. The largest absolute Gasteiger partial charge is 0.472 e. The van der Waals surface area contributed by atoms with Gasteiger partial charge in [0.2, 0.25) is 5.91 Å². The highest BCUT2D eigenvalue weighted by molar-refractivity contribution is 7.47. The molecule has 0 heterocycles. The number of carbonyl (C=O) groups excluding carboxylic acids is 2. The van der Waals surface area contributed by atoms with E-state index in [1.54, 1.807) is 0 Å². The molecule has 10 heteroatoms. The number of allylic oxidation sites excluding steroid dienone is 6. The van der Waals surface area contributed by atoms with Crippen LogP contribution in [-0.4, -0.2) is 54.3 Å². The quantitative estimate of drug-likeness (QED) is 0.0249. The molecule has 0 aromatic rings. The van der Waals surface area contributed by atoms with Gasteiger partial charge in [0.15, 0.2) is 0 Å². The van der Waals surface area contributed by atoms with Crippen LogP contribution in [0.3, 0.4) is 0 Å². The molecule has 2 atom stereocenters. The molecule has 0 rings (SSSR count). The van der Waals surface area contributed by atoms with Gasteiger partial charge in [-0.05, 0) is 51.4 Å². The first-order valence-electron chi connectivity index (χ1n) is 20.0. The molecule has 0 bridgehead atoms. The number of hydrogen-bond acceptors (Lipinski definition) is 7. The summed E-state index contributed by atoms with van der Waals surface area (Å²) in [6.45, 7) is 3.49. The van der Waals surface area contributed by atoms with Gasteiger partial charge >= 0.3 is 13.8 Å². The van der Waals surface area contributed by atoms with Crippen LogP contribution in [0.2, 0.25) is 0 Å². The topological polar surface area (TPSA) is 131 Å². The van der Waals surface area contributed by atoms with E-state index < -0.39 is 26.5 Å². The number of aliphatic hydroxyl groups excluding tert-OH is 1. The zero-order valence-electron chi connectivity index (χ0n) is 31.8. The minimum atomic E-state index is -4.41. The molecule has 0 aliphatic carbocycles. The number of hydrogen-bond donors (Lipinski definition) is 3. The molecule has 2 unspecified atom stereocenters. The Morgan fingerprint density at radius 2 is 1.08 bits per heavy atom. The average molecular weight is 728 g/mol. The number of rotatable bonds is 37. The molecule has 0 aliphatic heterocycles. The lowest BCUT2D eigenvalue weighted by atomic mass is 10.1. The molecule has 0 spiro atoms. The third-order valence-electron chi connectivity index (χ3n) is 8.32. The fourth-order valence-electron chi connectivity index (χ4n) is 5.27. The Morgan fingerprint density at radius 3 is 1.66 bits per heavy atom. The summed E-state index contributed by atoms with van der Waals surface area (Å²) in [5.74, 6) is -0.531. The molecule has 0 saturated heterocycles. The van der Waals surface area contributed by atoms with E-state index in [4.69, 9.17) is 13.8 Å². The van der Waals surface area contributed by atoms with E-state index in [2.05, 4.69) is 55.6 Å². The molecular formula is C40H74NO8P. The first-order valence-corrected chi connectivity index (χ1v) is 21.5. The highest BCUT2D eigenvalue weighted by atomic mass is 31.2. The fraction of sp³-hybridized carbons (Fsp3) is 0.800. The highest BCUT2D eigenvalue weighted by Crippen LogP contribution is 2.42. The van der Waals surface area contributed by atoms with Gasteiger partial charge in [0, 0.05) is 19.4 Å². The lowest BCUT2D eigenvalue weighted by Crippen LogP contribution is -2.27. The van der Waals surface area contributed by atoms with Gasteiger partial charge in [-0.1, -0.05) is 147 Å². The van der Waals surface area contributed by atoms with Gasteiger partial charge in [0.1, 0.15) is 12.7 Å². The standard InChI is InChI=1S/C40H74NO8P/c1-3-5-7-9-11-13-15-16-17-18-19-20-21-22-23-25-27-29-31-33-40(44)47-36-38(42)37-49-50(45,46)48-35-34-41-39(43)32-30-28-26-24-14-12-10-8-6-4-2/h11,13,16-17,19-20,38,42H,3-10,12,14-15,18,21-37H2,1-2H3,(H,41,43)(H,45,46)/b13-11-,17-16-,20-19-. The van der Waals surface area contributed by atoms with Crippen molar-refractivity contribution in [2.24, 2.45) is 0 Å². The summed E-state index contributed by atoms with van der Waals surface area (Å²) in [5, 5.41) is 12.6. The van der Waals surface area contributed by atoms with Gasteiger partial charge in [0.05, 0.1) is 13.2 Å². The first kappa shape index (κ1) is 48.2. The van der Waals surface area contributed by atoms with Crippen molar-refractivity contribution in [1.29, 1.82) is 0 Å². The minimum Gasteiger partial charge on any atom is -0.463 e. The summed E-state index contributed by atoms with van der Waals surface area (Å²) in [7, 11) is -4.41. The number of nitrogens with one attached hydrogen (secondary N) is 1. The predicted octanol–water partition coefficient (Wildman–Crippen LogP) is 10.6. The van der Waals surface area contributed by atoms with Crippen molar-refractivity contribution in [2.75, 3.05) is 26.4 Å². The summed E-state index contributed by atoms with van der Waals surface area (Å²) < 4.78 is 26.8. The number of unbranched alkanes of at least 4 members (excludes halogenated alkanes) is 18. The number of esters is 1. The smallest absolute Gasteiger partial charge is 0.463 e. The molecular weight excluding hydrogens is 653 g/mol. The van der Waals surface area contributed by atoms with E-state index in [0.717, 1.165) is 64.2 Å². The van der Waals surface area contributed by atoms with E-state index in [-0.39, 0.29) is 32.1 Å². The Labute approximate surface area is 305 Å². The third-order valence-corrected chi connectivity index (χ3v) is 9.31. The van der Waals surface area contributed by atoms with Gasteiger partial charge < -0.3 is 20.1 Å². The zero-order chi connectivity index (χ0) is 36.8. The number of phosphoric acid groups is 1. The predicted molar refractivity (Wildman–Crippen MR) is 206 cm³/mol. The Balaban J connectivity index is 3.64. The van der Waals surface area contributed by atoms with E-state index in [9.17, 15) is 24.2 Å². The maximum Gasteiger partial charge on any atom is 0.472 e. The number of ether oxygens (including phenoxy) is 1. The Hall–Kier alpha value is -1.77. The molecule has 1 amide bonds. The van der Waals surface area contributed by atoms with Crippen LogP contribution < -0.4 is 5.32 Å². The van der Waals surface area contributed by atoms with Gasteiger partial charge in [-0.25, -0.2) is 4.57 Å². The van der Waals surface area contributed by atoms with Crippen molar-refractivity contribution >= 4 is 19.7 Å². The molecule has 50 heavy (non-hydrogen) atoms. The van der Waals surface area contributed by atoms with Crippen LogP contribution in [0.15, 0.2) is 36.5 Å². The highest BCUT2D eigenvalue weighted by Gasteiger charge is 2.23. The number of aliphatic hydroxyl groups is 1. The van der Waals surface area contributed by atoms with Crippen LogP contribution in [0.4, 0.5) is 0 Å². The van der Waals surface area contributed by atoms with Crippen LogP contribution in [0.25, 0.3) is 0 Å². The fourth-order valence-corrected chi connectivity index (χ4v) is 6.03. The molecule has 0 saturated carbocycles. The van der Waals surface area contributed by atoms with Gasteiger partial charge in [-0.3, -0.25) is 18.6 Å². The van der Waals surface area contributed by atoms with E-state index in [1.165, 1.54) is 83.5 Å². The van der Waals surface area contributed by atoms with Gasteiger partial charge in [0.25, 0.3) is 0 Å². The zero-order valence-corrected chi connectivity index (χ0v) is 32.7. The SMILES string of the molecule is CCCCC/C=C\C/C=C\C/C=C\CCCCCCCCC(=O)OCC(O)COP(=O)(O)OCCNC(=O)CCCCCCCCCCCC. The second-order valence-corrected chi connectivity index (χ2v) is 14.7.